The summed E-state index contributed by atoms with van der Waals surface area (Å²) in [5.74, 6) is 0.812. The van der Waals surface area contributed by atoms with Crippen LogP contribution in [0.4, 0.5) is 5.69 Å². The van der Waals surface area contributed by atoms with Crippen LogP contribution in [-0.2, 0) is 4.79 Å². The average Bonchev–Trinajstić information content (AvgIpc) is 2.98. The van der Waals surface area contributed by atoms with Gasteiger partial charge in [-0.1, -0.05) is 30.3 Å². The minimum absolute atomic E-state index is 0.127. The highest BCUT2D eigenvalue weighted by molar-refractivity contribution is 6.44. The van der Waals surface area contributed by atoms with Gasteiger partial charge >= 0.3 is 11.6 Å². The van der Waals surface area contributed by atoms with Gasteiger partial charge in [0.05, 0.1) is 32.4 Å². The van der Waals surface area contributed by atoms with E-state index in [1.54, 1.807) is 30.2 Å². The molecule has 2 aromatic rings. The second-order valence-electron chi connectivity index (χ2n) is 5.39. The van der Waals surface area contributed by atoms with Crippen molar-refractivity contribution in [3.63, 3.8) is 0 Å². The summed E-state index contributed by atoms with van der Waals surface area (Å²) in [4.78, 5) is 17.5. The van der Waals surface area contributed by atoms with Gasteiger partial charge in [-0.2, -0.15) is 4.79 Å². The maximum atomic E-state index is 12.7. The first-order valence-electron chi connectivity index (χ1n) is 7.51. The fourth-order valence-electron chi connectivity index (χ4n) is 2.93. The molecule has 122 valence electrons. The van der Waals surface area contributed by atoms with Gasteiger partial charge in [-0.25, -0.2) is 0 Å². The molecular formula is C18H17N3O3. The molecule has 1 fully saturated rings. The molecule has 0 unspecified atom stereocenters. The molecule has 0 radical (unpaired) electrons. The number of methoxy groups -OCH3 is 2. The predicted octanol–water partition coefficient (Wildman–Crippen LogP) is 2.85. The molecule has 0 aromatic heterocycles. The molecule has 24 heavy (non-hydrogen) atoms. The Kier molecular flexibility index (Phi) is 4.31. The van der Waals surface area contributed by atoms with Crippen molar-refractivity contribution in [1.82, 2.24) is 0 Å². The molecule has 1 atom stereocenters. The Morgan fingerprint density at radius 3 is 2.50 bits per heavy atom. The van der Waals surface area contributed by atoms with Crippen LogP contribution in [0.15, 0.2) is 48.5 Å². The van der Waals surface area contributed by atoms with Crippen LogP contribution in [0.1, 0.15) is 18.0 Å². The number of hydrogen-bond acceptors (Lipinski definition) is 3. The van der Waals surface area contributed by atoms with Crippen molar-refractivity contribution >= 4 is 17.3 Å². The predicted molar refractivity (Wildman–Crippen MR) is 89.5 cm³/mol. The Labute approximate surface area is 139 Å². The molecule has 6 nitrogen and oxygen atoms in total. The first-order valence-corrected chi connectivity index (χ1v) is 7.51. The van der Waals surface area contributed by atoms with Crippen molar-refractivity contribution in [2.75, 3.05) is 19.1 Å². The van der Waals surface area contributed by atoms with Crippen molar-refractivity contribution in [2.24, 2.45) is 0 Å². The molecule has 0 spiro atoms. The van der Waals surface area contributed by atoms with Crippen LogP contribution in [-0.4, -0.2) is 30.6 Å². The molecular weight excluding hydrogens is 306 g/mol. The Balaban J connectivity index is 2.12. The summed E-state index contributed by atoms with van der Waals surface area (Å²) in [6.07, 6.45) is 0.328. The molecule has 0 aliphatic carbocycles. The SMILES string of the molecule is COc1ccc(N2C(=O)C(=[N+]=[N-])C[C@@H]2c2ccccc2)c(OC)c1. The molecule has 3 rings (SSSR count). The third-order valence-corrected chi connectivity index (χ3v) is 4.12. The summed E-state index contributed by atoms with van der Waals surface area (Å²) in [7, 11) is 3.11. The van der Waals surface area contributed by atoms with Crippen molar-refractivity contribution in [1.29, 1.82) is 0 Å². The van der Waals surface area contributed by atoms with Gasteiger partial charge in [0, 0.05) is 6.07 Å². The maximum absolute atomic E-state index is 12.7. The minimum Gasteiger partial charge on any atom is -0.497 e. The van der Waals surface area contributed by atoms with Gasteiger partial charge < -0.3 is 15.0 Å². The topological polar surface area (TPSA) is 75.2 Å². The van der Waals surface area contributed by atoms with Crippen molar-refractivity contribution in [3.05, 3.63) is 59.6 Å². The van der Waals surface area contributed by atoms with E-state index in [2.05, 4.69) is 4.79 Å². The second-order valence-corrected chi connectivity index (χ2v) is 5.39. The van der Waals surface area contributed by atoms with Crippen LogP contribution in [0, 0.1) is 0 Å². The van der Waals surface area contributed by atoms with Gasteiger partial charge in [-0.05, 0) is 17.7 Å². The Morgan fingerprint density at radius 1 is 1.12 bits per heavy atom. The summed E-state index contributed by atoms with van der Waals surface area (Å²) in [5, 5.41) is 0. The number of carbonyl (C=O) groups excluding carboxylic acids is 1. The highest BCUT2D eigenvalue weighted by atomic mass is 16.5. The zero-order valence-corrected chi connectivity index (χ0v) is 13.5. The van der Waals surface area contributed by atoms with Crippen molar-refractivity contribution in [3.8, 4) is 11.5 Å². The van der Waals surface area contributed by atoms with Crippen LogP contribution in [0.2, 0.25) is 0 Å². The smallest absolute Gasteiger partial charge is 0.358 e. The van der Waals surface area contributed by atoms with E-state index in [-0.39, 0.29) is 17.7 Å². The summed E-state index contributed by atoms with van der Waals surface area (Å²) >= 11 is 0. The molecule has 1 saturated heterocycles. The average molecular weight is 323 g/mol. The van der Waals surface area contributed by atoms with Gasteiger partial charge in [-0.3, -0.25) is 9.69 Å². The molecule has 2 aromatic carbocycles. The lowest BCUT2D eigenvalue weighted by Crippen LogP contribution is -2.30. The highest BCUT2D eigenvalue weighted by Gasteiger charge is 2.45. The lowest BCUT2D eigenvalue weighted by Gasteiger charge is -2.25. The fraction of sp³-hybridized carbons (Fsp3) is 0.222. The molecule has 1 aliphatic rings. The minimum atomic E-state index is -0.338. The third-order valence-electron chi connectivity index (χ3n) is 4.12. The number of rotatable bonds is 4. The normalized spacial score (nSPS) is 16.9. The first kappa shape index (κ1) is 15.8. The molecule has 0 saturated carbocycles. The van der Waals surface area contributed by atoms with Gasteiger partial charge in [-0.15, -0.1) is 0 Å². The Morgan fingerprint density at radius 2 is 1.88 bits per heavy atom. The highest BCUT2D eigenvalue weighted by Crippen LogP contribution is 2.41. The monoisotopic (exact) mass is 323 g/mol. The summed E-state index contributed by atoms with van der Waals surface area (Å²) in [5.41, 5.74) is 10.9. The molecule has 0 N–H and O–H groups in total. The van der Waals surface area contributed by atoms with E-state index in [1.807, 2.05) is 30.3 Å². The van der Waals surface area contributed by atoms with E-state index in [9.17, 15) is 4.79 Å². The maximum Gasteiger partial charge on any atom is 0.358 e. The van der Waals surface area contributed by atoms with Gasteiger partial charge in [0.1, 0.15) is 11.5 Å². The Hall–Kier alpha value is -3.11. The van der Waals surface area contributed by atoms with E-state index >= 15 is 0 Å². The van der Waals surface area contributed by atoms with E-state index in [4.69, 9.17) is 15.0 Å². The fourth-order valence-corrected chi connectivity index (χ4v) is 2.93. The summed E-state index contributed by atoms with van der Waals surface area (Å²) < 4.78 is 10.6. The molecule has 0 bridgehead atoms. The number of anilines is 1. The number of carbonyl (C=O) groups is 1. The summed E-state index contributed by atoms with van der Waals surface area (Å²) in [6.45, 7) is 0. The number of hydrogen-bond donors (Lipinski definition) is 0. The quantitative estimate of drug-likeness (QED) is 0.641. The number of ether oxygens (including phenoxy) is 2. The van der Waals surface area contributed by atoms with Crippen LogP contribution in [0.3, 0.4) is 0 Å². The van der Waals surface area contributed by atoms with Crippen LogP contribution < -0.4 is 14.4 Å². The standard InChI is InChI=1S/C18H17N3O3/c1-23-13-8-9-15(17(10-13)24-2)21-16(11-14(20-19)18(21)22)12-6-4-3-5-7-12/h3-10,16H,11H2,1-2H3/t16-/m1/s1. The van der Waals surface area contributed by atoms with Crippen molar-refractivity contribution in [2.45, 2.75) is 12.5 Å². The zero-order valence-electron chi connectivity index (χ0n) is 13.5. The number of nitrogens with zero attached hydrogens (tertiary/aromatic N) is 3. The Bertz CT molecular complexity index is 814. The summed E-state index contributed by atoms with van der Waals surface area (Å²) in [6, 6.07) is 14.6. The van der Waals surface area contributed by atoms with E-state index in [0.717, 1.165) is 5.56 Å². The first-order chi connectivity index (χ1) is 11.7. The molecule has 6 heteroatoms. The van der Waals surface area contributed by atoms with Crippen LogP contribution in [0.5, 0.6) is 11.5 Å². The largest absolute Gasteiger partial charge is 0.497 e. The lowest BCUT2D eigenvalue weighted by molar-refractivity contribution is -0.116. The van der Waals surface area contributed by atoms with E-state index in [0.29, 0.717) is 23.6 Å². The van der Waals surface area contributed by atoms with Crippen molar-refractivity contribution < 1.29 is 19.1 Å². The molecule has 1 heterocycles. The third kappa shape index (κ3) is 2.64. The number of amides is 1. The molecule has 1 aliphatic heterocycles. The molecule has 1 amide bonds. The van der Waals surface area contributed by atoms with E-state index in [1.165, 1.54) is 7.11 Å². The van der Waals surface area contributed by atoms with Gasteiger partial charge in [0.15, 0.2) is 0 Å². The van der Waals surface area contributed by atoms with Crippen LogP contribution >= 0.6 is 0 Å². The number of benzene rings is 2. The zero-order chi connectivity index (χ0) is 17.1. The van der Waals surface area contributed by atoms with Gasteiger partial charge in [0.25, 0.3) is 0 Å². The van der Waals surface area contributed by atoms with Crippen LogP contribution in [0.25, 0.3) is 5.53 Å². The van der Waals surface area contributed by atoms with Gasteiger partial charge in [0.2, 0.25) is 0 Å². The lowest BCUT2D eigenvalue weighted by atomic mass is 10.0. The second kappa shape index (κ2) is 6.56. The van der Waals surface area contributed by atoms with E-state index < -0.39 is 0 Å².